The normalized spacial score (nSPS) is 34.8. The third-order valence-electron chi connectivity index (χ3n) is 1.30. The van der Waals surface area contributed by atoms with Crippen molar-refractivity contribution in [2.75, 3.05) is 6.61 Å². The van der Waals surface area contributed by atoms with Crippen LogP contribution in [0.5, 0.6) is 0 Å². The number of aliphatic carboxylic acids is 1. The van der Waals surface area contributed by atoms with Gasteiger partial charge < -0.3 is 15.6 Å². The fraction of sp³-hybridized carbons (Fsp3) is 0.800. The maximum Gasteiger partial charge on any atom is 0.332 e. The van der Waals surface area contributed by atoms with Gasteiger partial charge in [0.15, 0.2) is 6.10 Å². The van der Waals surface area contributed by atoms with Crippen LogP contribution in [0.15, 0.2) is 0 Å². The molecule has 1 fully saturated rings. The van der Waals surface area contributed by atoms with Gasteiger partial charge >= 0.3 is 5.97 Å². The Morgan fingerprint density at radius 2 is 2.44 bits per heavy atom. The van der Waals surface area contributed by atoms with E-state index in [-0.39, 0.29) is 6.04 Å². The Kier molecular flexibility index (Phi) is 1.68. The molecule has 1 aliphatic heterocycles. The lowest BCUT2D eigenvalue weighted by Crippen LogP contribution is -2.22. The van der Waals surface area contributed by atoms with Crippen LogP contribution < -0.4 is 5.73 Å². The molecule has 2 atom stereocenters. The summed E-state index contributed by atoms with van der Waals surface area (Å²) in [6.45, 7) is 0.372. The lowest BCUT2D eigenvalue weighted by Gasteiger charge is -1.98. The molecular weight excluding hydrogens is 122 g/mol. The molecule has 1 rings (SSSR count). The van der Waals surface area contributed by atoms with Gasteiger partial charge in [0.25, 0.3) is 0 Å². The Hall–Kier alpha value is -0.610. The molecule has 1 saturated heterocycles. The number of nitrogens with two attached hydrogens (primary N) is 1. The quantitative estimate of drug-likeness (QED) is 0.488. The van der Waals surface area contributed by atoms with Crippen LogP contribution in [0.4, 0.5) is 0 Å². The summed E-state index contributed by atoms with van der Waals surface area (Å²) in [7, 11) is 0. The summed E-state index contributed by atoms with van der Waals surface area (Å²) < 4.78 is 4.80. The van der Waals surface area contributed by atoms with Gasteiger partial charge in [0.1, 0.15) is 0 Å². The minimum atomic E-state index is -0.914. The number of carboxylic acid groups (broad SMARTS) is 1. The molecule has 1 aliphatic rings. The second-order valence-electron chi connectivity index (χ2n) is 2.16. The number of carbonyl (C=O) groups is 1. The summed E-state index contributed by atoms with van der Waals surface area (Å²) in [6, 6.07) is -0.0916. The van der Waals surface area contributed by atoms with Gasteiger partial charge in [-0.1, -0.05) is 0 Å². The average Bonchev–Trinajstić information content (AvgIpc) is 2.14. The highest BCUT2D eigenvalue weighted by Gasteiger charge is 2.27. The maximum atomic E-state index is 10.2. The third kappa shape index (κ3) is 1.40. The van der Waals surface area contributed by atoms with Crippen molar-refractivity contribution < 1.29 is 14.6 Å². The van der Waals surface area contributed by atoms with Crippen molar-refractivity contribution in [3.8, 4) is 0 Å². The van der Waals surface area contributed by atoms with Crippen molar-refractivity contribution in [3.63, 3.8) is 0 Å². The van der Waals surface area contributed by atoms with Gasteiger partial charge in [-0.05, 0) is 0 Å². The second kappa shape index (κ2) is 2.33. The lowest BCUT2D eigenvalue weighted by atomic mass is 10.2. The highest BCUT2D eigenvalue weighted by Crippen LogP contribution is 2.10. The fourth-order valence-electron chi connectivity index (χ4n) is 0.823. The Morgan fingerprint density at radius 3 is 2.67 bits per heavy atom. The van der Waals surface area contributed by atoms with Crippen LogP contribution >= 0.6 is 0 Å². The van der Waals surface area contributed by atoms with E-state index < -0.39 is 12.1 Å². The predicted molar refractivity (Wildman–Crippen MR) is 30.0 cm³/mol. The fourth-order valence-corrected chi connectivity index (χ4v) is 0.823. The number of ether oxygens (including phenoxy) is 1. The van der Waals surface area contributed by atoms with Crippen molar-refractivity contribution in [2.45, 2.75) is 18.6 Å². The van der Waals surface area contributed by atoms with Gasteiger partial charge in [-0.15, -0.1) is 0 Å². The standard InChI is InChI=1S/C5H9NO3/c6-3-1-4(5(7)8)9-2-3/h3-4H,1-2,6H2,(H,7,8)/t3-,4+/m1/s1. The number of carboxylic acids is 1. The van der Waals surface area contributed by atoms with E-state index in [0.717, 1.165) is 0 Å². The first kappa shape index (κ1) is 6.51. The Bertz CT molecular complexity index is 125. The average molecular weight is 131 g/mol. The van der Waals surface area contributed by atoms with Gasteiger partial charge in [-0.3, -0.25) is 0 Å². The van der Waals surface area contributed by atoms with Gasteiger partial charge in [-0.25, -0.2) is 4.79 Å². The summed E-state index contributed by atoms with van der Waals surface area (Å²) in [6.07, 6.45) is -0.227. The summed E-state index contributed by atoms with van der Waals surface area (Å²) in [5.74, 6) is -0.914. The van der Waals surface area contributed by atoms with E-state index in [1.54, 1.807) is 0 Å². The van der Waals surface area contributed by atoms with Gasteiger partial charge in [-0.2, -0.15) is 0 Å². The summed E-state index contributed by atoms with van der Waals surface area (Å²) in [5, 5.41) is 8.35. The van der Waals surface area contributed by atoms with Crippen LogP contribution in [0.2, 0.25) is 0 Å². The Balaban J connectivity index is 2.39. The first-order valence-electron chi connectivity index (χ1n) is 2.80. The topological polar surface area (TPSA) is 72.5 Å². The first-order chi connectivity index (χ1) is 4.20. The number of rotatable bonds is 1. The Labute approximate surface area is 52.6 Å². The minimum Gasteiger partial charge on any atom is -0.479 e. The monoisotopic (exact) mass is 131 g/mol. The van der Waals surface area contributed by atoms with Crippen molar-refractivity contribution in [1.29, 1.82) is 0 Å². The Morgan fingerprint density at radius 1 is 1.78 bits per heavy atom. The smallest absolute Gasteiger partial charge is 0.332 e. The molecule has 4 heteroatoms. The number of hydrogen-bond donors (Lipinski definition) is 2. The molecule has 3 N–H and O–H groups in total. The second-order valence-corrected chi connectivity index (χ2v) is 2.16. The first-order valence-corrected chi connectivity index (χ1v) is 2.80. The molecule has 0 aliphatic carbocycles. The summed E-state index contributed by atoms with van der Waals surface area (Å²) in [4.78, 5) is 10.2. The van der Waals surface area contributed by atoms with E-state index in [1.165, 1.54) is 0 Å². The molecule has 4 nitrogen and oxygen atoms in total. The lowest BCUT2D eigenvalue weighted by molar-refractivity contribution is -0.147. The van der Waals surface area contributed by atoms with Crippen molar-refractivity contribution >= 4 is 5.97 Å². The van der Waals surface area contributed by atoms with Crippen LogP contribution in [0.1, 0.15) is 6.42 Å². The molecule has 0 aromatic carbocycles. The highest BCUT2D eigenvalue weighted by atomic mass is 16.5. The van der Waals surface area contributed by atoms with Gasteiger partial charge in [0.05, 0.1) is 6.61 Å². The molecule has 0 amide bonds. The molecule has 0 aromatic rings. The zero-order chi connectivity index (χ0) is 6.85. The summed E-state index contributed by atoms with van der Waals surface area (Å²) >= 11 is 0. The molecule has 0 radical (unpaired) electrons. The van der Waals surface area contributed by atoms with Crippen LogP contribution in [-0.4, -0.2) is 29.8 Å². The van der Waals surface area contributed by atoms with E-state index in [0.29, 0.717) is 13.0 Å². The molecule has 0 unspecified atom stereocenters. The van der Waals surface area contributed by atoms with Crippen molar-refractivity contribution in [2.24, 2.45) is 5.73 Å². The molecule has 0 bridgehead atoms. The van der Waals surface area contributed by atoms with E-state index in [2.05, 4.69) is 0 Å². The predicted octanol–water partition coefficient (Wildman–Crippen LogP) is -0.813. The molecule has 0 saturated carbocycles. The van der Waals surface area contributed by atoms with Crippen LogP contribution in [0, 0.1) is 0 Å². The third-order valence-corrected chi connectivity index (χ3v) is 1.30. The number of hydrogen-bond acceptors (Lipinski definition) is 3. The minimum absolute atomic E-state index is 0.0916. The molecule has 52 valence electrons. The summed E-state index contributed by atoms with van der Waals surface area (Å²) in [5.41, 5.74) is 5.37. The van der Waals surface area contributed by atoms with Crippen LogP contribution in [0.25, 0.3) is 0 Å². The van der Waals surface area contributed by atoms with E-state index in [4.69, 9.17) is 15.6 Å². The van der Waals surface area contributed by atoms with Crippen molar-refractivity contribution in [1.82, 2.24) is 0 Å². The molecule has 0 aromatic heterocycles. The maximum absolute atomic E-state index is 10.2. The highest BCUT2D eigenvalue weighted by molar-refractivity contribution is 5.72. The van der Waals surface area contributed by atoms with E-state index >= 15 is 0 Å². The zero-order valence-corrected chi connectivity index (χ0v) is 4.91. The largest absolute Gasteiger partial charge is 0.479 e. The van der Waals surface area contributed by atoms with E-state index in [1.807, 2.05) is 0 Å². The SMILES string of the molecule is N[C@H]1CO[C@H](C(=O)O)C1. The zero-order valence-electron chi connectivity index (χ0n) is 4.91. The van der Waals surface area contributed by atoms with Crippen LogP contribution in [0.3, 0.4) is 0 Å². The van der Waals surface area contributed by atoms with Gasteiger partial charge in [0.2, 0.25) is 0 Å². The van der Waals surface area contributed by atoms with Crippen molar-refractivity contribution in [3.05, 3.63) is 0 Å². The molecule has 9 heavy (non-hydrogen) atoms. The van der Waals surface area contributed by atoms with Crippen LogP contribution in [-0.2, 0) is 9.53 Å². The molecular formula is C5H9NO3. The molecule has 1 heterocycles. The van der Waals surface area contributed by atoms with E-state index in [9.17, 15) is 4.79 Å². The molecule has 0 spiro atoms. The van der Waals surface area contributed by atoms with Gasteiger partial charge in [0, 0.05) is 12.5 Å².